The number of rotatable bonds is 13. The minimum absolute atomic E-state index is 0.187. The molecule has 0 aromatic carbocycles. The summed E-state index contributed by atoms with van der Waals surface area (Å²) in [6.07, 6.45) is 2.98. The molecular formula is C14H30O5. The first-order valence-electron chi connectivity index (χ1n) is 7.23. The van der Waals surface area contributed by atoms with Crippen LogP contribution in [0.5, 0.6) is 0 Å². The van der Waals surface area contributed by atoms with E-state index in [1.165, 1.54) is 12.8 Å². The Kier molecular flexibility index (Phi) is 12.7. The second-order valence-corrected chi connectivity index (χ2v) is 4.92. The van der Waals surface area contributed by atoms with Crippen LogP contribution in [0.4, 0.5) is 0 Å². The fraction of sp³-hybridized carbons (Fsp3) is 1.00. The molecule has 116 valence electrons. The van der Waals surface area contributed by atoms with Crippen molar-refractivity contribution in [2.24, 2.45) is 0 Å². The summed E-state index contributed by atoms with van der Waals surface area (Å²) in [5.41, 5.74) is 0. The number of ether oxygens (including phenoxy) is 3. The molecule has 0 aliphatic rings. The molecule has 0 bridgehead atoms. The Morgan fingerprint density at radius 1 is 0.895 bits per heavy atom. The van der Waals surface area contributed by atoms with Gasteiger partial charge in [-0.25, -0.2) is 0 Å². The molecule has 0 radical (unpaired) electrons. The summed E-state index contributed by atoms with van der Waals surface area (Å²) in [4.78, 5) is 0. The Labute approximate surface area is 116 Å². The summed E-state index contributed by atoms with van der Waals surface area (Å²) >= 11 is 0. The minimum Gasteiger partial charge on any atom is -0.391 e. The van der Waals surface area contributed by atoms with Gasteiger partial charge in [0.1, 0.15) is 0 Å². The van der Waals surface area contributed by atoms with Crippen LogP contribution in [0.25, 0.3) is 0 Å². The number of unbranched alkanes of at least 4 members (excludes halogenated alkanes) is 3. The van der Waals surface area contributed by atoms with E-state index in [4.69, 9.17) is 19.3 Å². The van der Waals surface area contributed by atoms with Crippen LogP contribution in [0, 0.1) is 0 Å². The van der Waals surface area contributed by atoms with E-state index in [0.29, 0.717) is 13.2 Å². The highest BCUT2D eigenvalue weighted by Gasteiger charge is 2.11. The van der Waals surface area contributed by atoms with Crippen molar-refractivity contribution in [2.75, 3.05) is 26.4 Å². The first-order valence-corrected chi connectivity index (χ1v) is 7.23. The Morgan fingerprint density at radius 2 is 1.63 bits per heavy atom. The maximum atomic E-state index is 9.58. The third-order valence-electron chi connectivity index (χ3n) is 2.50. The molecule has 19 heavy (non-hydrogen) atoms. The number of aliphatic hydroxyl groups is 2. The fourth-order valence-electron chi connectivity index (χ4n) is 1.57. The number of hydrogen-bond acceptors (Lipinski definition) is 5. The van der Waals surface area contributed by atoms with Gasteiger partial charge in [0.05, 0.1) is 32.0 Å². The van der Waals surface area contributed by atoms with Gasteiger partial charge in [0.15, 0.2) is 6.29 Å². The molecule has 0 aliphatic carbocycles. The molecule has 5 heteroatoms. The van der Waals surface area contributed by atoms with E-state index in [1.807, 2.05) is 6.92 Å². The van der Waals surface area contributed by atoms with Gasteiger partial charge in [0.25, 0.3) is 0 Å². The molecule has 0 amide bonds. The van der Waals surface area contributed by atoms with Gasteiger partial charge < -0.3 is 24.4 Å². The van der Waals surface area contributed by atoms with Gasteiger partial charge in [-0.1, -0.05) is 26.2 Å². The molecule has 3 unspecified atom stereocenters. The second-order valence-electron chi connectivity index (χ2n) is 4.92. The molecular weight excluding hydrogens is 248 g/mol. The molecule has 0 fully saturated rings. The van der Waals surface area contributed by atoms with Crippen LogP contribution in [0.2, 0.25) is 0 Å². The van der Waals surface area contributed by atoms with Crippen LogP contribution in [0.3, 0.4) is 0 Å². The zero-order valence-electron chi connectivity index (χ0n) is 12.5. The largest absolute Gasteiger partial charge is 0.391 e. The van der Waals surface area contributed by atoms with Crippen molar-refractivity contribution in [3.63, 3.8) is 0 Å². The topological polar surface area (TPSA) is 68.2 Å². The summed E-state index contributed by atoms with van der Waals surface area (Å²) in [7, 11) is 0. The minimum atomic E-state index is -0.920. The predicted octanol–water partition coefficient (Wildman–Crippen LogP) is 1.70. The molecule has 0 saturated carbocycles. The van der Waals surface area contributed by atoms with Crippen LogP contribution in [0.1, 0.15) is 46.5 Å². The number of hydrogen-bond donors (Lipinski definition) is 2. The lowest BCUT2D eigenvalue weighted by molar-refractivity contribution is -0.174. The van der Waals surface area contributed by atoms with Gasteiger partial charge in [0, 0.05) is 6.61 Å². The highest BCUT2D eigenvalue weighted by Crippen LogP contribution is 2.01. The monoisotopic (exact) mass is 278 g/mol. The zero-order chi connectivity index (χ0) is 14.5. The van der Waals surface area contributed by atoms with E-state index in [-0.39, 0.29) is 19.3 Å². The van der Waals surface area contributed by atoms with Crippen molar-refractivity contribution in [3.8, 4) is 0 Å². The van der Waals surface area contributed by atoms with Crippen LogP contribution in [-0.2, 0) is 14.2 Å². The van der Waals surface area contributed by atoms with E-state index in [2.05, 4.69) is 6.92 Å². The van der Waals surface area contributed by atoms with Crippen LogP contribution in [0.15, 0.2) is 0 Å². The highest BCUT2D eigenvalue weighted by atomic mass is 16.6. The van der Waals surface area contributed by atoms with E-state index in [9.17, 15) is 5.11 Å². The molecule has 0 saturated heterocycles. The van der Waals surface area contributed by atoms with Gasteiger partial charge >= 0.3 is 0 Å². The van der Waals surface area contributed by atoms with Crippen molar-refractivity contribution >= 4 is 0 Å². The highest BCUT2D eigenvalue weighted by molar-refractivity contribution is 4.51. The molecule has 0 spiro atoms. The van der Waals surface area contributed by atoms with Gasteiger partial charge in [-0.3, -0.25) is 0 Å². The Hall–Kier alpha value is -0.200. The average molecular weight is 278 g/mol. The summed E-state index contributed by atoms with van der Waals surface area (Å²) in [5.74, 6) is 0. The van der Waals surface area contributed by atoms with E-state index < -0.39 is 12.4 Å². The van der Waals surface area contributed by atoms with E-state index >= 15 is 0 Å². The van der Waals surface area contributed by atoms with Crippen molar-refractivity contribution in [1.29, 1.82) is 0 Å². The van der Waals surface area contributed by atoms with Crippen molar-refractivity contribution in [2.45, 2.75) is 65.0 Å². The standard InChI is InChI=1S/C14H30O5/c1-4-5-6-7-8-17-11-14(16)19-13(3)10-18-9-12(2)15/h12-16H,4-11H2,1-3H3. The van der Waals surface area contributed by atoms with Gasteiger partial charge in [-0.2, -0.15) is 0 Å². The molecule has 0 rings (SSSR count). The third-order valence-corrected chi connectivity index (χ3v) is 2.50. The second kappa shape index (κ2) is 12.8. The van der Waals surface area contributed by atoms with Gasteiger partial charge in [-0.15, -0.1) is 0 Å². The lowest BCUT2D eigenvalue weighted by atomic mass is 10.2. The quantitative estimate of drug-likeness (QED) is 0.396. The molecule has 0 aromatic heterocycles. The first-order chi connectivity index (χ1) is 9.06. The SMILES string of the molecule is CCCCCCOCC(O)OC(C)COCC(C)O. The van der Waals surface area contributed by atoms with Crippen molar-refractivity contribution < 1.29 is 24.4 Å². The van der Waals surface area contributed by atoms with Crippen molar-refractivity contribution in [3.05, 3.63) is 0 Å². The number of aliphatic hydroxyl groups excluding tert-OH is 2. The molecule has 5 nitrogen and oxygen atoms in total. The third kappa shape index (κ3) is 14.0. The van der Waals surface area contributed by atoms with Crippen LogP contribution in [-0.4, -0.2) is 55.1 Å². The summed E-state index contributed by atoms with van der Waals surface area (Å²) in [6, 6.07) is 0. The molecule has 2 N–H and O–H groups in total. The van der Waals surface area contributed by atoms with E-state index in [1.54, 1.807) is 6.92 Å². The van der Waals surface area contributed by atoms with Gasteiger partial charge in [0.2, 0.25) is 0 Å². The summed E-state index contributed by atoms with van der Waals surface area (Å²) < 4.78 is 15.8. The maximum Gasteiger partial charge on any atom is 0.178 e. The normalized spacial score (nSPS) is 16.3. The smallest absolute Gasteiger partial charge is 0.178 e. The summed E-state index contributed by atoms with van der Waals surface area (Å²) in [6.45, 7) is 7.11. The zero-order valence-corrected chi connectivity index (χ0v) is 12.5. The van der Waals surface area contributed by atoms with Gasteiger partial charge in [-0.05, 0) is 20.3 Å². The Bertz CT molecular complexity index is 187. The molecule has 0 heterocycles. The summed E-state index contributed by atoms with van der Waals surface area (Å²) in [5, 5.41) is 18.6. The molecule has 0 aromatic rings. The fourth-order valence-corrected chi connectivity index (χ4v) is 1.57. The van der Waals surface area contributed by atoms with Crippen LogP contribution >= 0.6 is 0 Å². The Morgan fingerprint density at radius 3 is 2.26 bits per heavy atom. The average Bonchev–Trinajstić information content (AvgIpc) is 2.33. The molecule has 0 aliphatic heterocycles. The Balaban J connectivity index is 3.38. The lowest BCUT2D eigenvalue weighted by Crippen LogP contribution is -2.28. The van der Waals surface area contributed by atoms with E-state index in [0.717, 1.165) is 12.8 Å². The van der Waals surface area contributed by atoms with Crippen molar-refractivity contribution in [1.82, 2.24) is 0 Å². The lowest BCUT2D eigenvalue weighted by Gasteiger charge is -2.18. The molecule has 3 atom stereocenters. The first kappa shape index (κ1) is 18.8. The van der Waals surface area contributed by atoms with Crippen LogP contribution < -0.4 is 0 Å². The maximum absolute atomic E-state index is 9.58. The predicted molar refractivity (Wildman–Crippen MR) is 74.0 cm³/mol.